The summed E-state index contributed by atoms with van der Waals surface area (Å²) in [7, 11) is 0. The van der Waals surface area contributed by atoms with Crippen LogP contribution in [-0.4, -0.2) is 16.2 Å². The number of thioether (sulfide) groups is 1. The van der Waals surface area contributed by atoms with Gasteiger partial charge in [0.2, 0.25) is 0 Å². The van der Waals surface area contributed by atoms with Crippen LogP contribution in [0.25, 0.3) is 11.4 Å². The van der Waals surface area contributed by atoms with Gasteiger partial charge in [-0.15, -0.1) is 11.8 Å². The Morgan fingerprint density at radius 2 is 1.59 bits per heavy atom. The molecule has 1 aromatic heterocycles. The fraction of sp³-hybridized carbons (Fsp3) is 0.0909. The monoisotopic (exact) mass is 396 g/mol. The molecular formula is C11H7Cl2IN2S. The van der Waals surface area contributed by atoms with Gasteiger partial charge < -0.3 is 0 Å². The van der Waals surface area contributed by atoms with E-state index in [0.29, 0.717) is 19.7 Å². The molecular weight excluding hydrogens is 390 g/mol. The second-order valence-electron chi connectivity index (χ2n) is 3.17. The summed E-state index contributed by atoms with van der Waals surface area (Å²) in [6, 6.07) is 7.95. The first kappa shape index (κ1) is 13.4. The molecule has 0 fully saturated rings. The van der Waals surface area contributed by atoms with E-state index in [1.165, 1.54) is 4.90 Å². The van der Waals surface area contributed by atoms with Gasteiger partial charge >= 0.3 is 0 Å². The Morgan fingerprint density at radius 3 is 2.06 bits per heavy atom. The molecule has 2 aromatic rings. The third-order valence-electron chi connectivity index (χ3n) is 2.12. The van der Waals surface area contributed by atoms with E-state index >= 15 is 0 Å². The number of aromatic nitrogens is 2. The predicted molar refractivity (Wildman–Crippen MR) is 82.0 cm³/mol. The molecule has 0 radical (unpaired) electrons. The standard InChI is InChI=1S/C11H7Cl2IN2S/c1-17-7-4-2-6(3-5-7)11-15-9(12)8(14)10(13)16-11/h2-5H,1H3. The van der Waals surface area contributed by atoms with Crippen molar-refractivity contribution in [3.8, 4) is 11.4 Å². The minimum absolute atomic E-state index is 0.384. The largest absolute Gasteiger partial charge is 0.215 e. The van der Waals surface area contributed by atoms with Crippen molar-refractivity contribution in [2.24, 2.45) is 0 Å². The lowest BCUT2D eigenvalue weighted by molar-refractivity contribution is 1.16. The van der Waals surface area contributed by atoms with Crippen molar-refractivity contribution in [3.05, 3.63) is 38.1 Å². The Hall–Kier alpha value is -0.0400. The van der Waals surface area contributed by atoms with Crippen LogP contribution in [0.3, 0.4) is 0 Å². The smallest absolute Gasteiger partial charge is 0.162 e. The van der Waals surface area contributed by atoms with Crippen LogP contribution >= 0.6 is 57.6 Å². The molecule has 2 rings (SSSR count). The van der Waals surface area contributed by atoms with Crippen LogP contribution in [0.2, 0.25) is 10.3 Å². The van der Waals surface area contributed by atoms with Gasteiger partial charge in [-0.2, -0.15) is 0 Å². The number of nitrogens with zero attached hydrogens (tertiary/aromatic N) is 2. The van der Waals surface area contributed by atoms with Crippen LogP contribution in [0.1, 0.15) is 0 Å². The highest BCUT2D eigenvalue weighted by Crippen LogP contribution is 2.27. The molecule has 1 heterocycles. The van der Waals surface area contributed by atoms with E-state index in [0.717, 1.165) is 5.56 Å². The number of rotatable bonds is 2. The van der Waals surface area contributed by atoms with Crippen LogP contribution in [0.15, 0.2) is 29.2 Å². The van der Waals surface area contributed by atoms with Crippen LogP contribution in [-0.2, 0) is 0 Å². The maximum Gasteiger partial charge on any atom is 0.162 e. The van der Waals surface area contributed by atoms with Crippen molar-refractivity contribution < 1.29 is 0 Å². The topological polar surface area (TPSA) is 25.8 Å². The molecule has 17 heavy (non-hydrogen) atoms. The molecule has 88 valence electrons. The Bertz CT molecular complexity index is 523. The second kappa shape index (κ2) is 5.73. The molecule has 0 bridgehead atoms. The fourth-order valence-electron chi connectivity index (χ4n) is 1.26. The molecule has 2 nitrogen and oxygen atoms in total. The van der Waals surface area contributed by atoms with E-state index in [9.17, 15) is 0 Å². The first-order valence-electron chi connectivity index (χ1n) is 4.65. The molecule has 0 unspecified atom stereocenters. The van der Waals surface area contributed by atoms with Crippen LogP contribution in [0.4, 0.5) is 0 Å². The summed E-state index contributed by atoms with van der Waals surface area (Å²) in [6.07, 6.45) is 2.03. The molecule has 0 aliphatic heterocycles. The maximum absolute atomic E-state index is 5.98. The van der Waals surface area contributed by atoms with E-state index in [2.05, 4.69) is 9.97 Å². The number of benzene rings is 1. The van der Waals surface area contributed by atoms with Crippen molar-refractivity contribution >= 4 is 57.6 Å². The zero-order chi connectivity index (χ0) is 12.4. The van der Waals surface area contributed by atoms with E-state index in [-0.39, 0.29) is 0 Å². The van der Waals surface area contributed by atoms with Gasteiger partial charge in [-0.05, 0) is 41.0 Å². The van der Waals surface area contributed by atoms with Crippen molar-refractivity contribution in [1.29, 1.82) is 0 Å². The van der Waals surface area contributed by atoms with Gasteiger partial charge in [-0.25, -0.2) is 9.97 Å². The molecule has 0 aliphatic rings. The number of hydrogen-bond donors (Lipinski definition) is 0. The van der Waals surface area contributed by atoms with Gasteiger partial charge in [0.05, 0.1) is 3.57 Å². The minimum Gasteiger partial charge on any atom is -0.215 e. The number of halogens is 3. The van der Waals surface area contributed by atoms with Crippen molar-refractivity contribution in [2.75, 3.05) is 6.26 Å². The van der Waals surface area contributed by atoms with E-state index in [4.69, 9.17) is 23.2 Å². The van der Waals surface area contributed by atoms with E-state index in [1.54, 1.807) is 11.8 Å². The summed E-state index contributed by atoms with van der Waals surface area (Å²) >= 11 is 15.7. The van der Waals surface area contributed by atoms with E-state index < -0.39 is 0 Å². The zero-order valence-electron chi connectivity index (χ0n) is 8.75. The first-order chi connectivity index (χ1) is 8.11. The molecule has 1 aromatic carbocycles. The highest BCUT2D eigenvalue weighted by atomic mass is 127. The Balaban J connectivity index is 2.45. The van der Waals surface area contributed by atoms with Gasteiger partial charge in [0.25, 0.3) is 0 Å². The van der Waals surface area contributed by atoms with Crippen LogP contribution in [0.5, 0.6) is 0 Å². The highest BCUT2D eigenvalue weighted by molar-refractivity contribution is 14.1. The number of hydrogen-bond acceptors (Lipinski definition) is 3. The molecule has 0 amide bonds. The summed E-state index contributed by atoms with van der Waals surface area (Å²) in [5.74, 6) is 0.549. The molecule has 0 spiro atoms. The molecule has 0 N–H and O–H groups in total. The molecule has 0 saturated heterocycles. The third kappa shape index (κ3) is 3.05. The summed E-state index contributed by atoms with van der Waals surface area (Å²) in [5, 5.41) is 0.768. The lowest BCUT2D eigenvalue weighted by Crippen LogP contribution is -1.93. The lowest BCUT2D eigenvalue weighted by Gasteiger charge is -2.04. The van der Waals surface area contributed by atoms with Crippen molar-refractivity contribution in [1.82, 2.24) is 9.97 Å². The minimum atomic E-state index is 0.384. The molecule has 0 atom stereocenters. The van der Waals surface area contributed by atoms with Gasteiger partial charge in [-0.3, -0.25) is 0 Å². The third-order valence-corrected chi connectivity index (χ3v) is 5.07. The maximum atomic E-state index is 5.98. The second-order valence-corrected chi connectivity index (χ2v) is 5.85. The van der Waals surface area contributed by atoms with Gasteiger partial charge in [0.15, 0.2) is 5.82 Å². The molecule has 0 saturated carbocycles. The molecule has 0 aliphatic carbocycles. The summed E-state index contributed by atoms with van der Waals surface area (Å²) in [5.41, 5.74) is 0.906. The Labute approximate surface area is 127 Å². The fourth-order valence-corrected chi connectivity index (χ4v) is 2.30. The van der Waals surface area contributed by atoms with Crippen molar-refractivity contribution in [3.63, 3.8) is 0 Å². The molecule has 6 heteroatoms. The summed E-state index contributed by atoms with van der Waals surface area (Å²) in [4.78, 5) is 9.62. The van der Waals surface area contributed by atoms with Crippen molar-refractivity contribution in [2.45, 2.75) is 4.90 Å². The highest BCUT2D eigenvalue weighted by Gasteiger charge is 2.10. The first-order valence-corrected chi connectivity index (χ1v) is 7.70. The zero-order valence-corrected chi connectivity index (χ0v) is 13.2. The lowest BCUT2D eigenvalue weighted by atomic mass is 10.2. The quantitative estimate of drug-likeness (QED) is 0.415. The van der Waals surface area contributed by atoms with Crippen LogP contribution in [0, 0.1) is 3.57 Å². The Morgan fingerprint density at radius 1 is 1.06 bits per heavy atom. The Kier molecular flexibility index (Phi) is 4.52. The average Bonchev–Trinajstić information content (AvgIpc) is 2.35. The summed E-state index contributed by atoms with van der Waals surface area (Å²) < 4.78 is 0.676. The predicted octanol–water partition coefficient (Wildman–Crippen LogP) is 4.78. The van der Waals surface area contributed by atoms with Gasteiger partial charge in [-0.1, -0.05) is 35.3 Å². The SMILES string of the molecule is CSc1ccc(-c2nc(Cl)c(I)c(Cl)n2)cc1. The summed E-state index contributed by atoms with van der Waals surface area (Å²) in [6.45, 7) is 0. The van der Waals surface area contributed by atoms with Gasteiger partial charge in [0, 0.05) is 10.5 Å². The normalized spacial score (nSPS) is 10.6. The van der Waals surface area contributed by atoms with Crippen LogP contribution < -0.4 is 0 Å². The van der Waals surface area contributed by atoms with Gasteiger partial charge in [0.1, 0.15) is 10.3 Å². The van der Waals surface area contributed by atoms with E-state index in [1.807, 2.05) is 53.1 Å². The average molecular weight is 397 g/mol.